The highest BCUT2D eigenvalue weighted by atomic mass is 15.0. The number of nitriles is 1. The Labute approximate surface area is 408 Å². The second kappa shape index (κ2) is 16.2. The third-order valence-electron chi connectivity index (χ3n) is 14.1. The van der Waals surface area contributed by atoms with Crippen molar-refractivity contribution in [2.24, 2.45) is 0 Å². The summed E-state index contributed by atoms with van der Waals surface area (Å²) in [5, 5.41) is 17.9. The minimum absolute atomic E-state index is 0.545. The third-order valence-corrected chi connectivity index (χ3v) is 14.1. The molecule has 0 unspecified atom stereocenters. The second-order valence-electron chi connectivity index (χ2n) is 18.1. The van der Waals surface area contributed by atoms with Crippen LogP contribution >= 0.6 is 0 Å². The summed E-state index contributed by atoms with van der Waals surface area (Å²) in [5.74, 6) is 0.612. The van der Waals surface area contributed by atoms with Gasteiger partial charge in [0.2, 0.25) is 0 Å². The van der Waals surface area contributed by atoms with Gasteiger partial charge in [-0.25, -0.2) is 9.97 Å². The summed E-state index contributed by atoms with van der Waals surface area (Å²) >= 11 is 0. The standard InChI is InChI=1S/C65H40N6/c66-41-46-37-45(29-34-50(46)58-40-57(43-15-3-1-4-16-43)67-65(68-58)44-17-5-2-6-18-44)42-27-30-47(31-28-42)69-63-35-32-48(70-59-23-11-7-19-51(59)52-20-8-12-24-60(52)70)38-55(63)56-39-49(33-36-64(56)69)71-61-25-13-9-21-53(61)54-22-10-14-26-62(54)71/h1-40H. The van der Waals surface area contributed by atoms with Gasteiger partial charge in [0.25, 0.3) is 0 Å². The van der Waals surface area contributed by atoms with Crippen LogP contribution in [-0.4, -0.2) is 23.7 Å². The lowest BCUT2D eigenvalue weighted by Gasteiger charge is -2.13. The van der Waals surface area contributed by atoms with Gasteiger partial charge in [-0.15, -0.1) is 0 Å². The van der Waals surface area contributed by atoms with E-state index in [2.05, 4.69) is 184 Å². The van der Waals surface area contributed by atoms with Crippen molar-refractivity contribution in [3.05, 3.63) is 248 Å². The van der Waals surface area contributed by atoms with E-state index < -0.39 is 0 Å². The SMILES string of the molecule is N#Cc1cc(-c2ccc(-n3c4ccc(-n5c6ccccc6c6ccccc65)cc4c4cc(-n5c6ccccc6c6ccccc65)ccc43)cc2)ccc1-c1cc(-c2ccccc2)nc(-c2ccccc2)n1. The smallest absolute Gasteiger partial charge is 0.160 e. The lowest BCUT2D eigenvalue weighted by molar-refractivity contribution is 1.16. The molecule has 0 N–H and O–H groups in total. The van der Waals surface area contributed by atoms with Crippen molar-refractivity contribution >= 4 is 65.4 Å². The largest absolute Gasteiger partial charge is 0.309 e. The molecule has 4 heterocycles. The fourth-order valence-corrected chi connectivity index (χ4v) is 10.9. The van der Waals surface area contributed by atoms with Crippen LogP contribution in [0.3, 0.4) is 0 Å². The van der Waals surface area contributed by atoms with Gasteiger partial charge in [0, 0.05) is 66.1 Å². The van der Waals surface area contributed by atoms with Crippen LogP contribution < -0.4 is 0 Å². The summed E-state index contributed by atoms with van der Waals surface area (Å²) in [4.78, 5) is 9.99. The predicted octanol–water partition coefficient (Wildman–Crippen LogP) is 16.3. The zero-order valence-electron chi connectivity index (χ0n) is 38.3. The van der Waals surface area contributed by atoms with Crippen LogP contribution in [0.1, 0.15) is 5.56 Å². The zero-order valence-corrected chi connectivity index (χ0v) is 38.3. The topological polar surface area (TPSA) is 64.4 Å². The van der Waals surface area contributed by atoms with Crippen molar-refractivity contribution < 1.29 is 0 Å². The number of hydrogen-bond acceptors (Lipinski definition) is 3. The molecule has 0 amide bonds. The van der Waals surface area contributed by atoms with Gasteiger partial charge in [-0.3, -0.25) is 0 Å². The molecule has 0 aliphatic carbocycles. The van der Waals surface area contributed by atoms with Crippen molar-refractivity contribution in [1.82, 2.24) is 23.7 Å². The number of para-hydroxylation sites is 4. The van der Waals surface area contributed by atoms with Crippen molar-refractivity contribution in [2.75, 3.05) is 0 Å². The van der Waals surface area contributed by atoms with Gasteiger partial charge >= 0.3 is 0 Å². The second-order valence-corrected chi connectivity index (χ2v) is 18.1. The van der Waals surface area contributed by atoms with E-state index in [-0.39, 0.29) is 0 Å². The molecule has 0 atom stereocenters. The summed E-state index contributed by atoms with van der Waals surface area (Å²) in [6.07, 6.45) is 0. The molecule has 0 bridgehead atoms. The first-order chi connectivity index (χ1) is 35.2. The average molecular weight is 905 g/mol. The highest BCUT2D eigenvalue weighted by molar-refractivity contribution is 6.14. The summed E-state index contributed by atoms with van der Waals surface area (Å²) in [6.45, 7) is 0. The average Bonchev–Trinajstić information content (AvgIpc) is 4.08. The quantitative estimate of drug-likeness (QED) is 0.160. The first kappa shape index (κ1) is 40.3. The molecule has 0 aliphatic heterocycles. The Bertz CT molecular complexity index is 4120. The number of benzene rings is 10. The Kier molecular flexibility index (Phi) is 9.16. The van der Waals surface area contributed by atoms with Gasteiger partial charge in [0.05, 0.1) is 56.1 Å². The lowest BCUT2D eigenvalue weighted by Crippen LogP contribution is -1.97. The van der Waals surface area contributed by atoms with Crippen molar-refractivity contribution in [3.8, 4) is 68.2 Å². The Morgan fingerprint density at radius 3 is 1.21 bits per heavy atom. The molecule has 0 saturated heterocycles. The molecule has 0 spiro atoms. The fourth-order valence-electron chi connectivity index (χ4n) is 10.9. The van der Waals surface area contributed by atoms with Gasteiger partial charge in [0.15, 0.2) is 5.82 Å². The Morgan fingerprint density at radius 1 is 0.296 bits per heavy atom. The van der Waals surface area contributed by atoms with Crippen LogP contribution in [0.4, 0.5) is 0 Å². The van der Waals surface area contributed by atoms with Crippen LogP contribution in [0.25, 0.3) is 128 Å². The molecule has 14 rings (SSSR count). The Hall–Kier alpha value is -9.83. The first-order valence-corrected chi connectivity index (χ1v) is 23.9. The van der Waals surface area contributed by atoms with Crippen molar-refractivity contribution in [3.63, 3.8) is 0 Å². The molecule has 0 aliphatic rings. The van der Waals surface area contributed by atoms with Gasteiger partial charge in [-0.1, -0.05) is 158 Å². The number of fused-ring (bicyclic) bond motifs is 9. The minimum Gasteiger partial charge on any atom is -0.309 e. The molecule has 0 saturated carbocycles. The van der Waals surface area contributed by atoms with Crippen LogP contribution in [0.2, 0.25) is 0 Å². The first-order valence-electron chi connectivity index (χ1n) is 23.9. The number of aromatic nitrogens is 5. The van der Waals surface area contributed by atoms with Gasteiger partial charge < -0.3 is 13.7 Å². The summed E-state index contributed by atoms with van der Waals surface area (Å²) in [7, 11) is 0. The molecule has 14 aromatic rings. The number of nitrogens with zero attached hydrogens (tertiary/aromatic N) is 6. The molecule has 0 radical (unpaired) electrons. The molecule has 10 aromatic carbocycles. The molecular formula is C65H40N6. The molecule has 71 heavy (non-hydrogen) atoms. The van der Waals surface area contributed by atoms with Crippen LogP contribution in [0.15, 0.2) is 243 Å². The van der Waals surface area contributed by atoms with E-state index in [0.717, 1.165) is 72.4 Å². The maximum absolute atomic E-state index is 10.7. The van der Waals surface area contributed by atoms with Gasteiger partial charge in [0.1, 0.15) is 0 Å². The van der Waals surface area contributed by atoms with Crippen LogP contribution in [0, 0.1) is 11.3 Å². The zero-order chi connectivity index (χ0) is 47.0. The molecule has 0 fully saturated rings. The van der Waals surface area contributed by atoms with E-state index in [0.29, 0.717) is 17.1 Å². The maximum Gasteiger partial charge on any atom is 0.160 e. The highest BCUT2D eigenvalue weighted by Gasteiger charge is 2.20. The third kappa shape index (κ3) is 6.49. The van der Waals surface area contributed by atoms with E-state index >= 15 is 0 Å². The summed E-state index contributed by atoms with van der Waals surface area (Å²) in [5.41, 5.74) is 16.9. The number of hydrogen-bond donors (Lipinski definition) is 0. The van der Waals surface area contributed by atoms with Crippen LogP contribution in [0.5, 0.6) is 0 Å². The van der Waals surface area contributed by atoms with E-state index in [1.165, 1.54) is 43.6 Å². The molecule has 330 valence electrons. The van der Waals surface area contributed by atoms with E-state index in [4.69, 9.17) is 9.97 Å². The molecule has 6 heteroatoms. The Balaban J connectivity index is 0.907. The van der Waals surface area contributed by atoms with Gasteiger partial charge in [-0.2, -0.15) is 5.26 Å². The maximum atomic E-state index is 10.7. The van der Waals surface area contributed by atoms with Crippen molar-refractivity contribution in [1.29, 1.82) is 5.26 Å². The minimum atomic E-state index is 0.545. The van der Waals surface area contributed by atoms with E-state index in [1.807, 2.05) is 78.9 Å². The van der Waals surface area contributed by atoms with Gasteiger partial charge in [-0.05, 0) is 96.1 Å². The monoisotopic (exact) mass is 904 g/mol. The predicted molar refractivity (Wildman–Crippen MR) is 292 cm³/mol. The van der Waals surface area contributed by atoms with E-state index in [1.54, 1.807) is 0 Å². The fraction of sp³-hybridized carbons (Fsp3) is 0. The van der Waals surface area contributed by atoms with Crippen LogP contribution in [-0.2, 0) is 0 Å². The molecular weight excluding hydrogens is 865 g/mol. The Morgan fingerprint density at radius 2 is 0.704 bits per heavy atom. The summed E-state index contributed by atoms with van der Waals surface area (Å²) < 4.78 is 7.18. The van der Waals surface area contributed by atoms with Crippen molar-refractivity contribution in [2.45, 2.75) is 0 Å². The lowest BCUT2D eigenvalue weighted by atomic mass is 9.97. The molecule has 4 aromatic heterocycles. The molecule has 6 nitrogen and oxygen atoms in total. The number of rotatable bonds is 7. The van der Waals surface area contributed by atoms with E-state index in [9.17, 15) is 5.26 Å². The normalized spacial score (nSPS) is 11.6. The summed E-state index contributed by atoms with van der Waals surface area (Å²) in [6, 6.07) is 87.9. The highest BCUT2D eigenvalue weighted by Crippen LogP contribution is 2.40.